The summed E-state index contributed by atoms with van der Waals surface area (Å²) in [7, 11) is 1.79. The van der Waals surface area contributed by atoms with E-state index >= 15 is 0 Å². The van der Waals surface area contributed by atoms with Crippen molar-refractivity contribution in [2.24, 2.45) is 29.1 Å². The Kier molecular flexibility index (Phi) is 3.06. The van der Waals surface area contributed by atoms with Crippen LogP contribution in [0.4, 0.5) is 0 Å². The molecule has 114 valence electrons. The summed E-state index contributed by atoms with van der Waals surface area (Å²) in [4.78, 5) is 12.3. The number of ketones is 1. The molecule has 2 saturated carbocycles. The van der Waals surface area contributed by atoms with Gasteiger partial charge >= 0.3 is 0 Å². The number of rotatable bonds is 1. The number of Topliss-reactive ketones (excluding diaryl/α,β-unsaturated/α-hetero) is 1. The summed E-state index contributed by atoms with van der Waals surface area (Å²) in [6.45, 7) is 2.26. The molecule has 4 rings (SSSR count). The molecule has 0 bridgehead atoms. The molecule has 0 aromatic carbocycles. The maximum atomic E-state index is 12.3. The van der Waals surface area contributed by atoms with E-state index in [1.807, 2.05) is 0 Å². The number of ether oxygens (including phenoxy) is 1. The van der Waals surface area contributed by atoms with Gasteiger partial charge in [0.1, 0.15) is 5.78 Å². The van der Waals surface area contributed by atoms with Gasteiger partial charge in [-0.25, -0.2) is 0 Å². The van der Waals surface area contributed by atoms with Crippen LogP contribution in [0, 0.1) is 29.1 Å². The number of hydrogen-bond donors (Lipinski definition) is 0. The van der Waals surface area contributed by atoms with Gasteiger partial charge < -0.3 is 4.74 Å². The minimum atomic E-state index is 0.00864. The van der Waals surface area contributed by atoms with E-state index in [-0.39, 0.29) is 5.41 Å². The molecule has 0 heterocycles. The van der Waals surface area contributed by atoms with Gasteiger partial charge in [-0.15, -0.1) is 0 Å². The highest BCUT2D eigenvalue weighted by molar-refractivity contribution is 5.87. The Hall–Kier alpha value is -1.05. The standard InChI is InChI=1S/C19H26O2/c1-19-10-9-15-14-6-4-13(21-2)11-12(14)3-5-16(15)17(19)7-8-18(19)20/h3,11,14-17H,4-10H2,1-2H3/t14-,15+,16+,17-,19?/m0/s1. The van der Waals surface area contributed by atoms with Crippen LogP contribution in [0.5, 0.6) is 0 Å². The van der Waals surface area contributed by atoms with Crippen LogP contribution in [0.1, 0.15) is 51.9 Å². The van der Waals surface area contributed by atoms with Gasteiger partial charge in [0.2, 0.25) is 0 Å². The van der Waals surface area contributed by atoms with Gasteiger partial charge in [-0.2, -0.15) is 0 Å². The molecular formula is C19H26O2. The summed E-state index contributed by atoms with van der Waals surface area (Å²) in [5, 5.41) is 0. The van der Waals surface area contributed by atoms with Crippen molar-refractivity contribution < 1.29 is 9.53 Å². The first-order valence-corrected chi connectivity index (χ1v) is 8.61. The molecule has 0 N–H and O–H groups in total. The van der Waals surface area contributed by atoms with E-state index in [4.69, 9.17) is 4.74 Å². The normalized spacial score (nSPS) is 45.1. The van der Waals surface area contributed by atoms with E-state index in [0.29, 0.717) is 11.7 Å². The van der Waals surface area contributed by atoms with Gasteiger partial charge in [-0.3, -0.25) is 4.79 Å². The molecule has 2 nitrogen and oxygen atoms in total. The first kappa shape index (κ1) is 13.6. The third kappa shape index (κ3) is 1.87. The molecule has 4 aliphatic rings. The van der Waals surface area contributed by atoms with Gasteiger partial charge in [0.15, 0.2) is 0 Å². The molecule has 2 fully saturated rings. The summed E-state index contributed by atoms with van der Waals surface area (Å²) in [5.41, 5.74) is 1.53. The second kappa shape index (κ2) is 4.72. The first-order chi connectivity index (χ1) is 10.1. The van der Waals surface area contributed by atoms with Crippen LogP contribution < -0.4 is 0 Å². The highest BCUT2D eigenvalue weighted by Gasteiger charge is 2.55. The predicted molar refractivity (Wildman–Crippen MR) is 82.6 cm³/mol. The van der Waals surface area contributed by atoms with Crippen LogP contribution in [-0.4, -0.2) is 12.9 Å². The molecule has 2 heteroatoms. The van der Waals surface area contributed by atoms with E-state index in [1.165, 1.54) is 24.8 Å². The van der Waals surface area contributed by atoms with Crippen molar-refractivity contribution in [1.29, 1.82) is 0 Å². The fourth-order valence-electron chi connectivity index (χ4n) is 5.86. The fraction of sp³-hybridized carbons (Fsp3) is 0.737. The molecule has 1 unspecified atom stereocenters. The average Bonchev–Trinajstić information content (AvgIpc) is 2.82. The zero-order valence-electron chi connectivity index (χ0n) is 13.2. The van der Waals surface area contributed by atoms with Crippen molar-refractivity contribution >= 4 is 5.78 Å². The van der Waals surface area contributed by atoms with Crippen molar-refractivity contribution in [2.75, 3.05) is 7.11 Å². The smallest absolute Gasteiger partial charge is 0.139 e. The van der Waals surface area contributed by atoms with Gasteiger partial charge in [-0.1, -0.05) is 13.0 Å². The Morgan fingerprint density at radius 3 is 2.86 bits per heavy atom. The van der Waals surface area contributed by atoms with Crippen molar-refractivity contribution in [3.8, 4) is 0 Å². The Morgan fingerprint density at radius 2 is 2.05 bits per heavy atom. The molecule has 0 aliphatic heterocycles. The number of allylic oxidation sites excluding steroid dienone is 4. The molecule has 21 heavy (non-hydrogen) atoms. The molecule has 0 aromatic heterocycles. The third-order valence-corrected chi connectivity index (χ3v) is 7.06. The summed E-state index contributed by atoms with van der Waals surface area (Å²) in [6, 6.07) is 0. The van der Waals surface area contributed by atoms with Crippen molar-refractivity contribution in [2.45, 2.75) is 51.9 Å². The number of methoxy groups -OCH3 is 1. The zero-order valence-corrected chi connectivity index (χ0v) is 13.2. The lowest BCUT2D eigenvalue weighted by atomic mass is 9.53. The first-order valence-electron chi connectivity index (χ1n) is 8.61. The number of carbonyl (C=O) groups is 1. The van der Waals surface area contributed by atoms with Crippen LogP contribution in [0.15, 0.2) is 23.5 Å². The minimum Gasteiger partial charge on any atom is -0.501 e. The van der Waals surface area contributed by atoms with E-state index in [2.05, 4.69) is 19.1 Å². The van der Waals surface area contributed by atoms with E-state index in [1.54, 1.807) is 7.11 Å². The Labute approximate surface area is 127 Å². The van der Waals surface area contributed by atoms with Crippen molar-refractivity contribution in [3.63, 3.8) is 0 Å². The van der Waals surface area contributed by atoms with E-state index in [0.717, 1.165) is 49.2 Å². The second-order valence-electron chi connectivity index (χ2n) is 7.75. The van der Waals surface area contributed by atoms with Crippen molar-refractivity contribution in [3.05, 3.63) is 23.5 Å². The minimum absolute atomic E-state index is 0.00864. The highest BCUT2D eigenvalue weighted by Crippen LogP contribution is 2.59. The Balaban J connectivity index is 1.65. The van der Waals surface area contributed by atoms with E-state index < -0.39 is 0 Å². The van der Waals surface area contributed by atoms with Crippen molar-refractivity contribution in [1.82, 2.24) is 0 Å². The van der Waals surface area contributed by atoms with Gasteiger partial charge in [0.25, 0.3) is 0 Å². The van der Waals surface area contributed by atoms with Gasteiger partial charge in [-0.05, 0) is 67.4 Å². The van der Waals surface area contributed by atoms with Crippen LogP contribution in [0.2, 0.25) is 0 Å². The number of hydrogen-bond acceptors (Lipinski definition) is 2. The largest absolute Gasteiger partial charge is 0.501 e. The molecule has 0 spiro atoms. The number of carbonyl (C=O) groups excluding carboxylic acids is 1. The van der Waals surface area contributed by atoms with Crippen LogP contribution in [0.25, 0.3) is 0 Å². The SMILES string of the molecule is COC1=CC2=CC[C@@H]3[C@H](CCC4(C)C(=O)CC[C@@H]34)[C@H]2CC1. The molecular weight excluding hydrogens is 260 g/mol. The Bertz CT molecular complexity index is 530. The fourth-order valence-corrected chi connectivity index (χ4v) is 5.86. The zero-order chi connectivity index (χ0) is 14.6. The molecule has 5 atom stereocenters. The van der Waals surface area contributed by atoms with Gasteiger partial charge in [0, 0.05) is 18.3 Å². The Morgan fingerprint density at radius 1 is 1.19 bits per heavy atom. The lowest BCUT2D eigenvalue weighted by Gasteiger charge is -2.50. The highest BCUT2D eigenvalue weighted by atomic mass is 16.5. The molecule has 0 saturated heterocycles. The summed E-state index contributed by atoms with van der Waals surface area (Å²) in [5.74, 6) is 4.63. The summed E-state index contributed by atoms with van der Waals surface area (Å²) in [6.07, 6.45) is 12.6. The predicted octanol–water partition coefficient (Wildman–Crippen LogP) is 4.27. The maximum Gasteiger partial charge on any atom is 0.139 e. The monoisotopic (exact) mass is 286 g/mol. The number of fused-ring (bicyclic) bond motifs is 5. The third-order valence-electron chi connectivity index (χ3n) is 7.06. The summed E-state index contributed by atoms with van der Waals surface area (Å²) >= 11 is 0. The molecule has 4 aliphatic carbocycles. The molecule has 0 radical (unpaired) electrons. The molecule has 0 amide bonds. The maximum absolute atomic E-state index is 12.3. The van der Waals surface area contributed by atoms with E-state index in [9.17, 15) is 4.79 Å². The second-order valence-corrected chi connectivity index (χ2v) is 7.75. The molecule has 0 aromatic rings. The average molecular weight is 286 g/mol. The topological polar surface area (TPSA) is 26.3 Å². The van der Waals surface area contributed by atoms with Crippen LogP contribution in [0.3, 0.4) is 0 Å². The van der Waals surface area contributed by atoms with Crippen LogP contribution >= 0.6 is 0 Å². The lowest BCUT2D eigenvalue weighted by Crippen LogP contribution is -2.45. The summed E-state index contributed by atoms with van der Waals surface area (Å²) < 4.78 is 5.45. The lowest BCUT2D eigenvalue weighted by molar-refractivity contribution is -0.130. The van der Waals surface area contributed by atoms with Crippen LogP contribution in [-0.2, 0) is 9.53 Å². The van der Waals surface area contributed by atoms with Gasteiger partial charge in [0.05, 0.1) is 12.9 Å². The quantitative estimate of drug-likeness (QED) is 0.719.